The molecule has 0 rings (SSSR count). The van der Waals surface area contributed by atoms with Gasteiger partial charge in [0.2, 0.25) is 5.91 Å². The van der Waals surface area contributed by atoms with E-state index < -0.39 is 12.1 Å². The van der Waals surface area contributed by atoms with Crippen molar-refractivity contribution in [2.75, 3.05) is 13.2 Å². The molecule has 0 aromatic carbocycles. The molecule has 0 saturated carbocycles. The summed E-state index contributed by atoms with van der Waals surface area (Å²) < 4.78 is 5.49. The Kier molecular flexibility index (Phi) is 64.5. The average molecular weight is 1080 g/mol. The van der Waals surface area contributed by atoms with Gasteiger partial charge in [0.05, 0.1) is 25.4 Å². The molecule has 6 heteroatoms. The highest BCUT2D eigenvalue weighted by Gasteiger charge is 2.18. The van der Waals surface area contributed by atoms with E-state index in [0.717, 1.165) is 64.2 Å². The number of aliphatic hydroxyl groups excluding tert-OH is 2. The van der Waals surface area contributed by atoms with Gasteiger partial charge in [-0.2, -0.15) is 0 Å². The number of esters is 1. The fourth-order valence-electron chi connectivity index (χ4n) is 10.5. The first-order valence-electron chi connectivity index (χ1n) is 34.4. The molecule has 2 atom stereocenters. The quantitative estimate of drug-likeness (QED) is 0.0320. The number of allylic oxidation sites excluding steroid dienone is 7. The van der Waals surface area contributed by atoms with E-state index in [0.29, 0.717) is 19.4 Å². The number of aliphatic hydroxyl groups is 2. The molecule has 3 N–H and O–H groups in total. The number of rotatable bonds is 64. The van der Waals surface area contributed by atoms with Crippen LogP contribution in [0.25, 0.3) is 0 Å². The second-order valence-electron chi connectivity index (χ2n) is 23.5. The van der Waals surface area contributed by atoms with Crippen LogP contribution in [0.5, 0.6) is 0 Å². The number of hydrogen-bond donors (Lipinski definition) is 3. The fraction of sp³-hybridized carbons (Fsp3) is 0.859. The van der Waals surface area contributed by atoms with Gasteiger partial charge >= 0.3 is 5.97 Å². The zero-order valence-corrected chi connectivity index (χ0v) is 51.7. The van der Waals surface area contributed by atoms with E-state index in [4.69, 9.17) is 4.74 Å². The van der Waals surface area contributed by atoms with Gasteiger partial charge in [0.15, 0.2) is 0 Å². The minimum atomic E-state index is -0.855. The molecule has 0 aliphatic heterocycles. The van der Waals surface area contributed by atoms with Crippen molar-refractivity contribution in [2.45, 2.75) is 379 Å². The zero-order valence-electron chi connectivity index (χ0n) is 51.7. The fourth-order valence-corrected chi connectivity index (χ4v) is 10.5. The van der Waals surface area contributed by atoms with Gasteiger partial charge < -0.3 is 20.3 Å². The van der Waals surface area contributed by atoms with Crippen molar-refractivity contribution in [2.24, 2.45) is 0 Å². The topological polar surface area (TPSA) is 95.9 Å². The Bertz CT molecular complexity index is 1290. The Balaban J connectivity index is 3.48. The van der Waals surface area contributed by atoms with Crippen LogP contribution in [0.2, 0.25) is 0 Å². The maximum Gasteiger partial charge on any atom is 0.305 e. The molecular formula is C71H133NO5. The lowest BCUT2D eigenvalue weighted by atomic mass is 10.0. The lowest BCUT2D eigenvalue weighted by Gasteiger charge is -2.20. The summed E-state index contributed by atoms with van der Waals surface area (Å²) >= 11 is 0. The molecule has 2 unspecified atom stereocenters. The highest BCUT2D eigenvalue weighted by molar-refractivity contribution is 5.76. The van der Waals surface area contributed by atoms with Gasteiger partial charge in [-0.15, -0.1) is 0 Å². The Labute approximate surface area is 480 Å². The molecule has 0 bridgehead atoms. The number of carbonyl (C=O) groups is 2. The van der Waals surface area contributed by atoms with Crippen LogP contribution in [-0.2, 0) is 14.3 Å². The van der Waals surface area contributed by atoms with Gasteiger partial charge in [-0.25, -0.2) is 0 Å². The zero-order chi connectivity index (χ0) is 55.7. The summed E-state index contributed by atoms with van der Waals surface area (Å²) in [6, 6.07) is -0.640. The molecule has 0 heterocycles. The first kappa shape index (κ1) is 74.8. The van der Waals surface area contributed by atoms with Crippen LogP contribution >= 0.6 is 0 Å². The van der Waals surface area contributed by atoms with Gasteiger partial charge in [-0.1, -0.05) is 313 Å². The van der Waals surface area contributed by atoms with Crippen molar-refractivity contribution in [3.05, 3.63) is 48.6 Å². The summed E-state index contributed by atoms with van der Waals surface area (Å²) in [6.45, 7) is 4.89. The van der Waals surface area contributed by atoms with Gasteiger partial charge in [-0.3, -0.25) is 9.59 Å². The summed E-state index contributed by atoms with van der Waals surface area (Å²) in [5, 5.41) is 23.3. The maximum atomic E-state index is 12.5. The van der Waals surface area contributed by atoms with Crippen LogP contribution in [-0.4, -0.2) is 47.4 Å². The Morgan fingerprint density at radius 2 is 0.649 bits per heavy atom. The molecule has 0 aliphatic carbocycles. The van der Waals surface area contributed by atoms with Crippen molar-refractivity contribution in [1.29, 1.82) is 0 Å². The van der Waals surface area contributed by atoms with Crippen LogP contribution in [0.1, 0.15) is 367 Å². The lowest BCUT2D eigenvalue weighted by Crippen LogP contribution is -2.45. The van der Waals surface area contributed by atoms with Crippen LogP contribution < -0.4 is 5.32 Å². The SMILES string of the molecule is CCCCCC/C=C\C/C=C\CCCCCCCCCC(=O)OCCCCCCCC/C=C\CCCCCCCCCC(=O)NC(CO)C(O)/C=C/CCCCCCCCCCCCCCCCCCCCCCCCC. The Morgan fingerprint density at radius 1 is 0.364 bits per heavy atom. The molecule has 0 aliphatic rings. The van der Waals surface area contributed by atoms with Crippen LogP contribution in [0.3, 0.4) is 0 Å². The monoisotopic (exact) mass is 1080 g/mol. The third-order valence-corrected chi connectivity index (χ3v) is 15.8. The molecule has 6 nitrogen and oxygen atoms in total. The summed E-state index contributed by atoms with van der Waals surface area (Å²) in [5.74, 6) is -0.0869. The summed E-state index contributed by atoms with van der Waals surface area (Å²) in [7, 11) is 0. The van der Waals surface area contributed by atoms with Crippen LogP contribution in [0.4, 0.5) is 0 Å². The first-order chi connectivity index (χ1) is 38.0. The largest absolute Gasteiger partial charge is 0.466 e. The predicted molar refractivity (Wildman–Crippen MR) is 338 cm³/mol. The second-order valence-corrected chi connectivity index (χ2v) is 23.5. The molecule has 0 fully saturated rings. The molecule has 452 valence electrons. The first-order valence-corrected chi connectivity index (χ1v) is 34.4. The number of ether oxygens (including phenoxy) is 1. The minimum Gasteiger partial charge on any atom is -0.466 e. The summed E-state index contributed by atoms with van der Waals surface area (Å²) in [6.07, 6.45) is 86.0. The van der Waals surface area contributed by atoms with Crippen LogP contribution in [0, 0.1) is 0 Å². The number of hydrogen-bond acceptors (Lipinski definition) is 5. The van der Waals surface area contributed by atoms with E-state index in [-0.39, 0.29) is 18.5 Å². The summed E-state index contributed by atoms with van der Waals surface area (Å²) in [5.41, 5.74) is 0. The standard InChI is InChI=1S/C71H133NO5/c1-3-5-7-9-11-13-15-17-19-21-23-24-25-26-27-28-29-31-35-39-43-47-51-55-59-63-69(74)68(67-73)72-70(75)64-60-56-52-48-44-40-36-32-30-34-38-42-46-50-54-58-62-66-77-71(76)65-61-57-53-49-45-41-37-33-22-20-18-16-14-12-10-8-6-4-2/h14,16,20,22,30,34,59,63,68-69,73-74H,3-13,15,17-19,21,23-29,31-33,35-58,60-62,64-67H2,1-2H3,(H,72,75)/b16-14-,22-20-,34-30-,63-59+. The van der Waals surface area contributed by atoms with Gasteiger partial charge in [0, 0.05) is 12.8 Å². The van der Waals surface area contributed by atoms with E-state index in [1.54, 1.807) is 6.08 Å². The third kappa shape index (κ3) is 62.9. The highest BCUT2D eigenvalue weighted by Crippen LogP contribution is 2.18. The van der Waals surface area contributed by atoms with Gasteiger partial charge in [0.1, 0.15) is 0 Å². The molecule has 1 amide bonds. The number of carbonyl (C=O) groups excluding carboxylic acids is 2. The highest BCUT2D eigenvalue weighted by atomic mass is 16.5. The second kappa shape index (κ2) is 66.3. The van der Waals surface area contributed by atoms with Crippen molar-refractivity contribution < 1.29 is 24.5 Å². The molecule has 0 aromatic heterocycles. The van der Waals surface area contributed by atoms with E-state index in [2.05, 4.69) is 55.6 Å². The van der Waals surface area contributed by atoms with Crippen molar-refractivity contribution in [3.63, 3.8) is 0 Å². The summed E-state index contributed by atoms with van der Waals surface area (Å²) in [4.78, 5) is 24.6. The molecule has 0 saturated heterocycles. The van der Waals surface area contributed by atoms with Gasteiger partial charge in [-0.05, 0) is 89.9 Å². The molecule has 0 spiro atoms. The Morgan fingerprint density at radius 3 is 1.01 bits per heavy atom. The number of amides is 1. The average Bonchev–Trinajstić information content (AvgIpc) is 3.43. The van der Waals surface area contributed by atoms with Gasteiger partial charge in [0.25, 0.3) is 0 Å². The predicted octanol–water partition coefficient (Wildman–Crippen LogP) is 22.1. The third-order valence-electron chi connectivity index (χ3n) is 15.8. The normalized spacial score (nSPS) is 12.8. The molecule has 77 heavy (non-hydrogen) atoms. The van der Waals surface area contributed by atoms with Crippen LogP contribution in [0.15, 0.2) is 48.6 Å². The number of unbranched alkanes of at least 4 members (excludes halogenated alkanes) is 47. The van der Waals surface area contributed by atoms with E-state index in [1.807, 2.05) is 6.08 Å². The maximum absolute atomic E-state index is 12.5. The van der Waals surface area contributed by atoms with Crippen molar-refractivity contribution in [3.8, 4) is 0 Å². The smallest absolute Gasteiger partial charge is 0.305 e. The number of nitrogens with one attached hydrogen (secondary N) is 1. The van der Waals surface area contributed by atoms with E-state index >= 15 is 0 Å². The van der Waals surface area contributed by atoms with Crippen molar-refractivity contribution in [1.82, 2.24) is 5.32 Å². The molecule has 0 radical (unpaired) electrons. The molecule has 0 aromatic rings. The molecular weight excluding hydrogens is 947 g/mol. The Hall–Kier alpha value is -2.18. The van der Waals surface area contributed by atoms with E-state index in [1.165, 1.54) is 276 Å². The lowest BCUT2D eigenvalue weighted by molar-refractivity contribution is -0.143. The van der Waals surface area contributed by atoms with Crippen molar-refractivity contribution >= 4 is 11.9 Å². The minimum absolute atomic E-state index is 0.00965. The van der Waals surface area contributed by atoms with E-state index in [9.17, 15) is 19.8 Å².